The number of rotatable bonds is 4. The second-order valence-corrected chi connectivity index (χ2v) is 6.47. The molecule has 2 aromatic heterocycles. The van der Waals surface area contributed by atoms with Crippen molar-refractivity contribution in [1.29, 1.82) is 0 Å². The maximum absolute atomic E-state index is 12.6. The molecule has 2 heterocycles. The molecule has 0 aromatic carbocycles. The lowest BCUT2D eigenvalue weighted by molar-refractivity contribution is -0.142. The normalized spacial score (nSPS) is 20.7. The fourth-order valence-corrected chi connectivity index (χ4v) is 3.38. The smallest absolute Gasteiger partial charge is 0.308 e. The number of amides is 1. The van der Waals surface area contributed by atoms with Crippen LogP contribution in [0.1, 0.15) is 48.2 Å². The van der Waals surface area contributed by atoms with Crippen LogP contribution in [0.25, 0.3) is 11.5 Å². The van der Waals surface area contributed by atoms with Crippen LogP contribution in [0.15, 0.2) is 34.9 Å². The zero-order valence-corrected chi connectivity index (χ0v) is 14.2. The van der Waals surface area contributed by atoms with Gasteiger partial charge in [0.15, 0.2) is 5.76 Å². The first-order chi connectivity index (χ1) is 12.1. The van der Waals surface area contributed by atoms with Crippen molar-refractivity contribution < 1.29 is 19.1 Å². The van der Waals surface area contributed by atoms with E-state index >= 15 is 0 Å². The summed E-state index contributed by atoms with van der Waals surface area (Å²) >= 11 is 0. The molecule has 0 radical (unpaired) electrons. The van der Waals surface area contributed by atoms with Gasteiger partial charge in [0.25, 0.3) is 5.91 Å². The number of nitrogens with one attached hydrogen (secondary N) is 1. The summed E-state index contributed by atoms with van der Waals surface area (Å²) in [5.41, 5.74) is 1.72. The monoisotopic (exact) mass is 342 g/mol. The third-order valence-corrected chi connectivity index (χ3v) is 4.75. The summed E-state index contributed by atoms with van der Waals surface area (Å²) in [6.45, 7) is 1.77. The van der Waals surface area contributed by atoms with Crippen molar-refractivity contribution in [1.82, 2.24) is 10.3 Å². The zero-order chi connectivity index (χ0) is 17.8. The number of furan rings is 1. The molecule has 132 valence electrons. The van der Waals surface area contributed by atoms with Crippen molar-refractivity contribution >= 4 is 11.9 Å². The third-order valence-electron chi connectivity index (χ3n) is 4.75. The van der Waals surface area contributed by atoms with Crippen LogP contribution < -0.4 is 5.32 Å². The van der Waals surface area contributed by atoms with Crippen molar-refractivity contribution in [3.05, 3.63) is 41.8 Å². The average molecular weight is 342 g/mol. The molecule has 0 spiro atoms. The number of carbonyl (C=O) groups excluding carboxylic acids is 1. The molecule has 0 unspecified atom stereocenters. The molecule has 1 aliphatic rings. The van der Waals surface area contributed by atoms with Crippen molar-refractivity contribution in [3.63, 3.8) is 0 Å². The number of carboxylic acid groups (broad SMARTS) is 1. The molecular weight excluding hydrogens is 320 g/mol. The highest BCUT2D eigenvalue weighted by molar-refractivity contribution is 5.96. The molecule has 2 N–H and O–H groups in total. The van der Waals surface area contributed by atoms with Crippen LogP contribution in [0.5, 0.6) is 0 Å². The van der Waals surface area contributed by atoms with Crippen LogP contribution in [0.2, 0.25) is 0 Å². The van der Waals surface area contributed by atoms with Gasteiger partial charge in [0, 0.05) is 6.04 Å². The highest BCUT2D eigenvalue weighted by Gasteiger charge is 2.31. The van der Waals surface area contributed by atoms with E-state index < -0.39 is 11.9 Å². The van der Waals surface area contributed by atoms with Crippen LogP contribution in [-0.2, 0) is 4.79 Å². The van der Waals surface area contributed by atoms with E-state index in [1.807, 2.05) is 6.07 Å². The Labute approximate surface area is 146 Å². The van der Waals surface area contributed by atoms with Crippen molar-refractivity contribution in [3.8, 4) is 11.5 Å². The highest BCUT2D eigenvalue weighted by Crippen LogP contribution is 2.25. The van der Waals surface area contributed by atoms with Crippen LogP contribution >= 0.6 is 0 Å². The SMILES string of the molecule is Cc1nc(-c2ccco2)ccc1C(=O)N[C@H]1CCCCC[C@H]1C(=O)O. The predicted molar refractivity (Wildman–Crippen MR) is 92.1 cm³/mol. The van der Waals surface area contributed by atoms with Gasteiger partial charge in [0.1, 0.15) is 5.69 Å². The molecule has 6 nitrogen and oxygen atoms in total. The van der Waals surface area contributed by atoms with Crippen LogP contribution in [0.3, 0.4) is 0 Å². The van der Waals surface area contributed by atoms with E-state index in [1.165, 1.54) is 0 Å². The largest absolute Gasteiger partial charge is 0.481 e. The molecule has 25 heavy (non-hydrogen) atoms. The first-order valence-corrected chi connectivity index (χ1v) is 8.61. The minimum atomic E-state index is -0.838. The number of aryl methyl sites for hydroxylation is 1. The molecular formula is C19H22N2O4. The Balaban J connectivity index is 1.77. The summed E-state index contributed by atoms with van der Waals surface area (Å²) in [4.78, 5) is 28.6. The number of hydrogen-bond donors (Lipinski definition) is 2. The fraction of sp³-hybridized carbons (Fsp3) is 0.421. The number of aliphatic carboxylic acids is 1. The summed E-state index contributed by atoms with van der Waals surface area (Å²) < 4.78 is 5.32. The molecule has 0 bridgehead atoms. The van der Waals surface area contributed by atoms with Gasteiger partial charge in [-0.1, -0.05) is 19.3 Å². The van der Waals surface area contributed by atoms with Gasteiger partial charge in [-0.15, -0.1) is 0 Å². The Hall–Kier alpha value is -2.63. The summed E-state index contributed by atoms with van der Waals surface area (Å²) in [7, 11) is 0. The van der Waals surface area contributed by atoms with Gasteiger partial charge < -0.3 is 14.8 Å². The molecule has 3 rings (SSSR count). The van der Waals surface area contributed by atoms with Crippen molar-refractivity contribution in [2.45, 2.75) is 45.1 Å². The lowest BCUT2D eigenvalue weighted by Crippen LogP contribution is -2.43. The van der Waals surface area contributed by atoms with Crippen molar-refractivity contribution in [2.75, 3.05) is 0 Å². The van der Waals surface area contributed by atoms with Gasteiger partial charge in [0.2, 0.25) is 0 Å². The van der Waals surface area contributed by atoms with Gasteiger partial charge in [-0.05, 0) is 44.0 Å². The number of pyridine rings is 1. The molecule has 1 aliphatic carbocycles. The molecule has 1 fully saturated rings. The minimum absolute atomic E-state index is 0.269. The molecule has 2 aromatic rings. The van der Waals surface area contributed by atoms with E-state index in [9.17, 15) is 14.7 Å². The molecule has 6 heteroatoms. The van der Waals surface area contributed by atoms with E-state index in [0.29, 0.717) is 35.6 Å². The standard InChI is InChI=1S/C19H22N2O4/c1-12-13(9-10-16(20-12)17-8-5-11-25-17)18(22)21-15-7-4-2-3-6-14(15)19(23)24/h5,8-11,14-15H,2-4,6-7H2,1H3,(H,21,22)(H,23,24)/t14-,15+/m1/s1. The number of hydrogen-bond acceptors (Lipinski definition) is 4. The molecule has 1 amide bonds. The summed E-state index contributed by atoms with van der Waals surface area (Å²) in [6, 6.07) is 6.71. The first kappa shape index (κ1) is 17.2. The molecule has 0 saturated heterocycles. The molecule has 0 aliphatic heterocycles. The van der Waals surface area contributed by atoms with E-state index in [0.717, 1.165) is 19.3 Å². The first-order valence-electron chi connectivity index (χ1n) is 8.61. The quantitative estimate of drug-likeness (QED) is 0.831. The summed E-state index contributed by atoms with van der Waals surface area (Å²) in [5, 5.41) is 12.4. The topological polar surface area (TPSA) is 92.4 Å². The molecule has 1 saturated carbocycles. The number of carbonyl (C=O) groups is 2. The van der Waals surface area contributed by atoms with E-state index in [-0.39, 0.29) is 11.9 Å². The predicted octanol–water partition coefficient (Wildman–Crippen LogP) is 3.41. The van der Waals surface area contributed by atoms with Crippen molar-refractivity contribution in [2.24, 2.45) is 5.92 Å². The van der Waals surface area contributed by atoms with Gasteiger partial charge in [-0.2, -0.15) is 0 Å². The molecule has 2 atom stereocenters. The fourth-order valence-electron chi connectivity index (χ4n) is 3.38. The minimum Gasteiger partial charge on any atom is -0.481 e. The zero-order valence-electron chi connectivity index (χ0n) is 14.2. The Morgan fingerprint density at radius 3 is 2.68 bits per heavy atom. The highest BCUT2D eigenvalue weighted by atomic mass is 16.4. The number of aromatic nitrogens is 1. The van der Waals surface area contributed by atoms with Gasteiger partial charge in [-0.25, -0.2) is 4.98 Å². The van der Waals surface area contributed by atoms with Crippen LogP contribution in [0.4, 0.5) is 0 Å². The second kappa shape index (κ2) is 7.51. The van der Waals surface area contributed by atoms with Gasteiger partial charge in [0.05, 0.1) is 23.4 Å². The number of carboxylic acids is 1. The average Bonchev–Trinajstić information content (AvgIpc) is 3.01. The summed E-state index contributed by atoms with van der Waals surface area (Å²) in [5.74, 6) is -0.990. The Kier molecular flexibility index (Phi) is 5.16. The number of nitrogens with zero attached hydrogens (tertiary/aromatic N) is 1. The summed E-state index contributed by atoms with van der Waals surface area (Å²) in [6.07, 6.45) is 5.71. The lowest BCUT2D eigenvalue weighted by Gasteiger charge is -2.23. The maximum atomic E-state index is 12.6. The van der Waals surface area contributed by atoms with E-state index in [1.54, 1.807) is 31.4 Å². The third kappa shape index (κ3) is 3.90. The van der Waals surface area contributed by atoms with Crippen LogP contribution in [0, 0.1) is 12.8 Å². The van der Waals surface area contributed by atoms with Gasteiger partial charge >= 0.3 is 5.97 Å². The van der Waals surface area contributed by atoms with E-state index in [2.05, 4.69) is 10.3 Å². The van der Waals surface area contributed by atoms with Gasteiger partial charge in [-0.3, -0.25) is 9.59 Å². The maximum Gasteiger partial charge on any atom is 0.308 e. The second-order valence-electron chi connectivity index (χ2n) is 6.47. The Bertz CT molecular complexity index is 755. The van der Waals surface area contributed by atoms with E-state index in [4.69, 9.17) is 4.42 Å². The Morgan fingerprint density at radius 1 is 1.20 bits per heavy atom. The Morgan fingerprint density at radius 2 is 2.00 bits per heavy atom. The van der Waals surface area contributed by atoms with Crippen LogP contribution in [-0.4, -0.2) is 28.0 Å². The lowest BCUT2D eigenvalue weighted by atomic mass is 9.94.